The Hall–Kier alpha value is -2.76. The average molecular weight is 460 g/mol. The number of thiocarbonyl (C=S) groups is 1. The molecule has 2 aromatic rings. The van der Waals surface area contributed by atoms with Gasteiger partial charge >= 0.3 is 13.9 Å². The number of amides is 1. The molecule has 2 rings (SSSR count). The van der Waals surface area contributed by atoms with Crippen LogP contribution in [-0.2, 0) is 15.9 Å². The van der Waals surface area contributed by atoms with Crippen molar-refractivity contribution in [3.63, 3.8) is 0 Å². The summed E-state index contributed by atoms with van der Waals surface area (Å²) in [6.45, 7) is -0.367. The number of pyridine rings is 1. The second kappa shape index (κ2) is 10.1. The fraction of sp³-hybridized carbons (Fsp3) is 0.0667. The van der Waals surface area contributed by atoms with E-state index < -0.39 is 13.9 Å². The molecule has 0 saturated heterocycles. The second-order valence-electron chi connectivity index (χ2n) is 5.21. The number of nitrogens with zero attached hydrogens (tertiary/aromatic N) is 2. The normalized spacial score (nSPS) is 11.1. The van der Waals surface area contributed by atoms with Gasteiger partial charge in [-0.1, -0.05) is 11.6 Å². The third kappa shape index (κ3) is 8.02. The lowest BCUT2D eigenvalue weighted by Gasteiger charge is -2.13. The monoisotopic (exact) mass is 459 g/mol. The van der Waals surface area contributed by atoms with Crippen LogP contribution >= 0.6 is 31.6 Å². The molecule has 0 aliphatic heterocycles. The Bertz CT molecular complexity index is 985. The van der Waals surface area contributed by atoms with Gasteiger partial charge in [-0.3, -0.25) is 25.5 Å². The van der Waals surface area contributed by atoms with Gasteiger partial charge in [0.15, 0.2) is 5.11 Å². The zero-order valence-corrected chi connectivity index (χ0v) is 16.9. The summed E-state index contributed by atoms with van der Waals surface area (Å²) < 4.78 is 20.7. The number of hydrazone groups is 1. The number of phosphoric ester groups is 1. The summed E-state index contributed by atoms with van der Waals surface area (Å²) in [5, 5.41) is 6.45. The highest BCUT2D eigenvalue weighted by molar-refractivity contribution is 7.80. The molecule has 0 aliphatic rings. The zero-order valence-electron chi connectivity index (χ0n) is 14.5. The predicted molar refractivity (Wildman–Crippen MR) is 110 cm³/mol. The Morgan fingerprint density at radius 1 is 1.41 bits per heavy atom. The molecule has 0 spiro atoms. The molecule has 11 nitrogen and oxygen atoms in total. The van der Waals surface area contributed by atoms with E-state index in [0.717, 1.165) is 0 Å². The number of aromatic nitrogens is 1. The molecule has 0 saturated carbocycles. The first-order valence-electron chi connectivity index (χ1n) is 7.65. The van der Waals surface area contributed by atoms with Crippen LogP contribution in [0.15, 0.2) is 41.6 Å². The standard InChI is InChI=1S/C15H15ClN5O6PS/c16-10-3-4-13(27-28(23,24)25)9(6-10)8-26-15(22)20-11-2-1-5-18-12(11)7-19-21-14(17)29/h1-7H,8H2,(H,20,22)(H3,17,21,29)(H2,23,24,25)/b19-7+. The Labute approximate surface area is 175 Å². The van der Waals surface area contributed by atoms with E-state index in [4.69, 9.17) is 31.9 Å². The van der Waals surface area contributed by atoms with Crippen molar-refractivity contribution in [1.82, 2.24) is 10.4 Å². The van der Waals surface area contributed by atoms with E-state index in [0.29, 0.717) is 5.69 Å². The number of hydrogen-bond acceptors (Lipinski definition) is 7. The number of rotatable bonds is 7. The lowest BCUT2D eigenvalue weighted by Crippen LogP contribution is -2.24. The minimum atomic E-state index is -4.80. The zero-order chi connectivity index (χ0) is 21.4. The van der Waals surface area contributed by atoms with Crippen LogP contribution in [0.4, 0.5) is 10.5 Å². The molecule has 0 unspecified atom stereocenters. The van der Waals surface area contributed by atoms with Crippen molar-refractivity contribution in [1.29, 1.82) is 0 Å². The van der Waals surface area contributed by atoms with Crippen molar-refractivity contribution >= 4 is 54.7 Å². The van der Waals surface area contributed by atoms with Crippen LogP contribution in [0, 0.1) is 0 Å². The van der Waals surface area contributed by atoms with Gasteiger partial charge in [-0.15, -0.1) is 0 Å². The molecule has 6 N–H and O–H groups in total. The fourth-order valence-electron chi connectivity index (χ4n) is 1.95. The minimum absolute atomic E-state index is 0.0408. The lowest BCUT2D eigenvalue weighted by molar-refractivity contribution is 0.154. The van der Waals surface area contributed by atoms with E-state index in [2.05, 4.69) is 37.6 Å². The predicted octanol–water partition coefficient (Wildman–Crippen LogP) is 2.12. The number of ether oxygens (including phenoxy) is 1. The van der Waals surface area contributed by atoms with Gasteiger partial charge in [0.25, 0.3) is 0 Å². The van der Waals surface area contributed by atoms with Crippen molar-refractivity contribution in [2.24, 2.45) is 10.8 Å². The van der Waals surface area contributed by atoms with Gasteiger partial charge in [0.1, 0.15) is 18.1 Å². The SMILES string of the molecule is NC(=S)N/N=C/c1ncccc1NC(=O)OCc1cc(Cl)ccc1OP(=O)(O)O. The summed E-state index contributed by atoms with van der Waals surface area (Å²) in [5.41, 5.74) is 8.35. The Kier molecular flexibility index (Phi) is 7.88. The number of benzene rings is 1. The van der Waals surface area contributed by atoms with Crippen molar-refractivity contribution in [2.75, 3.05) is 5.32 Å². The molecule has 154 valence electrons. The van der Waals surface area contributed by atoms with Crippen LogP contribution in [-0.4, -0.2) is 32.2 Å². The number of anilines is 1. The van der Waals surface area contributed by atoms with E-state index in [1.54, 1.807) is 12.1 Å². The van der Waals surface area contributed by atoms with E-state index in [1.807, 2.05) is 0 Å². The van der Waals surface area contributed by atoms with E-state index in [9.17, 15) is 9.36 Å². The summed E-state index contributed by atoms with van der Waals surface area (Å²) in [7, 11) is -4.80. The molecule has 14 heteroatoms. The third-order valence-electron chi connectivity index (χ3n) is 3.04. The maximum absolute atomic E-state index is 12.1. The Morgan fingerprint density at radius 3 is 2.86 bits per heavy atom. The van der Waals surface area contributed by atoms with Crippen molar-refractivity contribution in [3.8, 4) is 5.75 Å². The maximum atomic E-state index is 12.1. The summed E-state index contributed by atoms with van der Waals surface area (Å²) in [5.74, 6) is -0.173. The van der Waals surface area contributed by atoms with E-state index in [-0.39, 0.29) is 33.7 Å². The largest absolute Gasteiger partial charge is 0.524 e. The van der Waals surface area contributed by atoms with Gasteiger partial charge in [-0.05, 0) is 42.5 Å². The first-order chi connectivity index (χ1) is 13.6. The molecular formula is C15H15ClN5O6PS. The summed E-state index contributed by atoms with van der Waals surface area (Å²) in [6, 6.07) is 7.11. The number of phosphoric acid groups is 1. The molecule has 29 heavy (non-hydrogen) atoms. The number of carbonyl (C=O) groups excluding carboxylic acids is 1. The third-order valence-corrected chi connectivity index (χ3v) is 3.80. The van der Waals surface area contributed by atoms with Gasteiger partial charge in [-0.2, -0.15) is 5.10 Å². The number of nitrogens with two attached hydrogens (primary N) is 1. The van der Waals surface area contributed by atoms with Gasteiger partial charge in [0.2, 0.25) is 0 Å². The molecule has 1 heterocycles. The van der Waals surface area contributed by atoms with E-state index in [1.165, 1.54) is 30.6 Å². The fourth-order valence-corrected chi connectivity index (χ4v) is 2.63. The van der Waals surface area contributed by atoms with Crippen LogP contribution in [0.2, 0.25) is 5.02 Å². The summed E-state index contributed by atoms with van der Waals surface area (Å²) in [6.07, 6.45) is 1.91. The smallest absolute Gasteiger partial charge is 0.444 e. The summed E-state index contributed by atoms with van der Waals surface area (Å²) >= 11 is 10.5. The van der Waals surface area contributed by atoms with Crippen LogP contribution in [0.1, 0.15) is 11.3 Å². The molecule has 0 atom stereocenters. The average Bonchev–Trinajstić information content (AvgIpc) is 2.62. The quantitative estimate of drug-likeness (QED) is 0.179. The van der Waals surface area contributed by atoms with Gasteiger partial charge < -0.3 is 15.0 Å². The molecule has 0 aliphatic carbocycles. The molecule has 0 radical (unpaired) electrons. The first-order valence-corrected chi connectivity index (χ1v) is 9.96. The topological polar surface area (TPSA) is 168 Å². The van der Waals surface area contributed by atoms with Crippen molar-refractivity contribution in [3.05, 3.63) is 52.8 Å². The Morgan fingerprint density at radius 2 is 2.17 bits per heavy atom. The highest BCUT2D eigenvalue weighted by Crippen LogP contribution is 2.39. The molecule has 1 aromatic heterocycles. The molecule has 1 amide bonds. The summed E-state index contributed by atoms with van der Waals surface area (Å²) in [4.78, 5) is 34.1. The number of carbonyl (C=O) groups is 1. The van der Waals surface area contributed by atoms with Gasteiger partial charge in [0, 0.05) is 16.8 Å². The van der Waals surface area contributed by atoms with E-state index >= 15 is 0 Å². The molecule has 1 aromatic carbocycles. The minimum Gasteiger partial charge on any atom is -0.444 e. The maximum Gasteiger partial charge on any atom is 0.524 e. The highest BCUT2D eigenvalue weighted by Gasteiger charge is 2.19. The first kappa shape index (κ1) is 22.5. The lowest BCUT2D eigenvalue weighted by atomic mass is 10.2. The van der Waals surface area contributed by atoms with Crippen molar-refractivity contribution in [2.45, 2.75) is 6.61 Å². The number of halogens is 1. The number of hydrogen-bond donors (Lipinski definition) is 5. The molecular weight excluding hydrogens is 445 g/mol. The highest BCUT2D eigenvalue weighted by atomic mass is 35.5. The number of nitrogens with one attached hydrogen (secondary N) is 2. The van der Waals surface area contributed by atoms with Gasteiger partial charge in [-0.25, -0.2) is 9.36 Å². The molecule has 0 bridgehead atoms. The Balaban J connectivity index is 2.06. The van der Waals surface area contributed by atoms with Crippen LogP contribution in [0.25, 0.3) is 0 Å². The van der Waals surface area contributed by atoms with Crippen molar-refractivity contribution < 1.29 is 28.4 Å². The van der Waals surface area contributed by atoms with Crippen LogP contribution in [0.5, 0.6) is 5.75 Å². The van der Waals surface area contributed by atoms with Crippen LogP contribution in [0.3, 0.4) is 0 Å². The van der Waals surface area contributed by atoms with Crippen LogP contribution < -0.4 is 21.0 Å². The molecule has 0 fully saturated rings. The van der Waals surface area contributed by atoms with Gasteiger partial charge in [0.05, 0.1) is 11.9 Å². The second-order valence-corrected chi connectivity index (χ2v) is 7.25.